The Hall–Kier alpha value is -2.84. The highest BCUT2D eigenvalue weighted by Gasteiger charge is 2.34. The number of benzene rings is 2. The summed E-state index contributed by atoms with van der Waals surface area (Å²) in [7, 11) is 0.562. The SMILES string of the molecule is C=CCCC(CC(=O)OC)S(=O)(=O)N(Cc1ccc(OC)cc1)Cc1ccc(OC)cc1. The van der Waals surface area contributed by atoms with Crippen LogP contribution >= 0.6 is 0 Å². The van der Waals surface area contributed by atoms with Crippen LogP contribution in [-0.4, -0.2) is 45.3 Å². The largest absolute Gasteiger partial charge is 0.497 e. The second-order valence-corrected chi connectivity index (χ2v) is 9.49. The monoisotopic (exact) mass is 461 g/mol. The molecule has 2 aromatic rings. The van der Waals surface area contributed by atoms with E-state index in [1.807, 2.05) is 24.3 Å². The number of nitrogens with zero attached hydrogens (tertiary/aromatic N) is 1. The van der Waals surface area contributed by atoms with E-state index in [0.717, 1.165) is 11.1 Å². The minimum atomic E-state index is -3.85. The van der Waals surface area contributed by atoms with Crippen LogP contribution in [0.4, 0.5) is 0 Å². The standard InChI is InChI=1S/C24H31NO6S/c1-5-6-7-23(16-24(26)31-4)32(27,28)25(17-19-8-12-21(29-2)13-9-19)18-20-10-14-22(30-3)15-11-20/h5,8-15,23H,1,6-7,16-18H2,2-4H3. The van der Waals surface area contributed by atoms with E-state index in [0.29, 0.717) is 17.9 Å². The van der Waals surface area contributed by atoms with Gasteiger partial charge in [-0.05, 0) is 48.2 Å². The third-order valence-electron chi connectivity index (χ3n) is 5.13. The molecule has 7 nitrogen and oxygen atoms in total. The third kappa shape index (κ3) is 7.10. The average molecular weight is 462 g/mol. The minimum Gasteiger partial charge on any atom is -0.497 e. The van der Waals surface area contributed by atoms with Gasteiger partial charge >= 0.3 is 5.97 Å². The molecule has 0 aliphatic carbocycles. The molecule has 2 rings (SSSR count). The van der Waals surface area contributed by atoms with E-state index in [1.165, 1.54) is 11.4 Å². The number of allylic oxidation sites excluding steroid dienone is 1. The van der Waals surface area contributed by atoms with Gasteiger partial charge in [-0.1, -0.05) is 30.3 Å². The first-order valence-electron chi connectivity index (χ1n) is 10.3. The highest BCUT2D eigenvalue weighted by molar-refractivity contribution is 7.89. The summed E-state index contributed by atoms with van der Waals surface area (Å²) in [6, 6.07) is 14.5. The molecule has 0 saturated carbocycles. The van der Waals surface area contributed by atoms with Crippen LogP contribution in [0, 0.1) is 0 Å². The van der Waals surface area contributed by atoms with E-state index >= 15 is 0 Å². The van der Waals surface area contributed by atoms with E-state index < -0.39 is 21.2 Å². The maximum absolute atomic E-state index is 13.7. The lowest BCUT2D eigenvalue weighted by Gasteiger charge is -2.27. The molecule has 2 aromatic carbocycles. The fourth-order valence-corrected chi connectivity index (χ4v) is 5.11. The second kappa shape index (κ2) is 12.3. The van der Waals surface area contributed by atoms with E-state index in [4.69, 9.17) is 14.2 Å². The van der Waals surface area contributed by atoms with Crippen LogP contribution in [-0.2, 0) is 32.6 Å². The second-order valence-electron chi connectivity index (χ2n) is 7.28. The average Bonchev–Trinajstić information content (AvgIpc) is 2.81. The van der Waals surface area contributed by atoms with E-state index in [9.17, 15) is 13.2 Å². The molecule has 32 heavy (non-hydrogen) atoms. The summed E-state index contributed by atoms with van der Waals surface area (Å²) >= 11 is 0. The fourth-order valence-electron chi connectivity index (χ4n) is 3.25. The molecule has 0 amide bonds. The molecule has 8 heteroatoms. The highest BCUT2D eigenvalue weighted by atomic mass is 32.2. The van der Waals surface area contributed by atoms with Gasteiger partial charge in [-0.15, -0.1) is 6.58 Å². The van der Waals surface area contributed by atoms with Gasteiger partial charge in [0, 0.05) is 13.1 Å². The molecule has 0 aromatic heterocycles. The van der Waals surface area contributed by atoms with Gasteiger partial charge in [-0.3, -0.25) is 4.79 Å². The number of rotatable bonds is 13. The Morgan fingerprint density at radius 3 is 1.78 bits per heavy atom. The van der Waals surface area contributed by atoms with Gasteiger partial charge in [0.15, 0.2) is 0 Å². The molecule has 0 heterocycles. The quantitative estimate of drug-likeness (QED) is 0.332. The maximum atomic E-state index is 13.7. The van der Waals surface area contributed by atoms with Gasteiger partial charge < -0.3 is 14.2 Å². The number of ether oxygens (including phenoxy) is 3. The minimum absolute atomic E-state index is 0.157. The van der Waals surface area contributed by atoms with Crippen molar-refractivity contribution >= 4 is 16.0 Å². The Bertz CT molecular complexity index is 921. The summed E-state index contributed by atoms with van der Waals surface area (Å²) in [6.45, 7) is 3.99. The molecule has 0 fully saturated rings. The van der Waals surface area contributed by atoms with Crippen molar-refractivity contribution in [3.05, 3.63) is 72.3 Å². The summed E-state index contributed by atoms with van der Waals surface area (Å²) in [5, 5.41) is -0.913. The lowest BCUT2D eigenvalue weighted by Crippen LogP contribution is -2.39. The van der Waals surface area contributed by atoms with Crippen molar-refractivity contribution in [2.24, 2.45) is 0 Å². The molecule has 0 aliphatic rings. The van der Waals surface area contributed by atoms with Gasteiger partial charge in [0.1, 0.15) is 11.5 Å². The topological polar surface area (TPSA) is 82.1 Å². The van der Waals surface area contributed by atoms with Crippen molar-refractivity contribution in [3.63, 3.8) is 0 Å². The van der Waals surface area contributed by atoms with Crippen LogP contribution in [0.1, 0.15) is 30.4 Å². The van der Waals surface area contributed by atoms with Crippen LogP contribution in [0.3, 0.4) is 0 Å². The Morgan fingerprint density at radius 1 is 0.938 bits per heavy atom. The van der Waals surface area contributed by atoms with E-state index in [1.54, 1.807) is 44.6 Å². The van der Waals surface area contributed by atoms with Crippen LogP contribution in [0.25, 0.3) is 0 Å². The zero-order chi connectivity index (χ0) is 23.6. The molecule has 174 valence electrons. The normalized spacial score (nSPS) is 12.2. The number of hydrogen-bond acceptors (Lipinski definition) is 6. The van der Waals surface area contributed by atoms with E-state index in [2.05, 4.69) is 6.58 Å². The van der Waals surface area contributed by atoms with Crippen LogP contribution in [0.15, 0.2) is 61.2 Å². The lowest BCUT2D eigenvalue weighted by atomic mass is 10.2. The molecule has 0 aliphatic heterocycles. The molecular weight excluding hydrogens is 430 g/mol. The Morgan fingerprint density at radius 2 is 1.41 bits per heavy atom. The number of carbonyl (C=O) groups excluding carboxylic acids is 1. The van der Waals surface area contributed by atoms with Gasteiger partial charge in [0.05, 0.1) is 33.0 Å². The number of hydrogen-bond donors (Lipinski definition) is 0. The van der Waals surface area contributed by atoms with Crippen LogP contribution in [0.5, 0.6) is 11.5 Å². The molecule has 0 N–H and O–H groups in total. The van der Waals surface area contributed by atoms with Gasteiger partial charge in [0.2, 0.25) is 10.0 Å². The smallest absolute Gasteiger partial charge is 0.306 e. The molecule has 1 unspecified atom stereocenters. The molecule has 0 spiro atoms. The molecule has 0 radical (unpaired) electrons. The van der Waals surface area contributed by atoms with Gasteiger partial charge in [-0.25, -0.2) is 8.42 Å². The van der Waals surface area contributed by atoms with Gasteiger partial charge in [0.25, 0.3) is 0 Å². The van der Waals surface area contributed by atoms with Crippen molar-refractivity contribution in [1.82, 2.24) is 4.31 Å². The first-order chi connectivity index (χ1) is 15.3. The summed E-state index contributed by atoms with van der Waals surface area (Å²) in [5.74, 6) is 0.817. The summed E-state index contributed by atoms with van der Waals surface area (Å²) in [6.07, 6.45) is 2.19. The summed E-state index contributed by atoms with van der Waals surface area (Å²) in [4.78, 5) is 12.0. The predicted molar refractivity (Wildman–Crippen MR) is 124 cm³/mol. The van der Waals surface area contributed by atoms with Crippen LogP contribution < -0.4 is 9.47 Å². The Labute approximate surface area is 190 Å². The number of carbonyl (C=O) groups is 1. The lowest BCUT2D eigenvalue weighted by molar-refractivity contribution is -0.140. The van der Waals surface area contributed by atoms with Crippen LogP contribution in [0.2, 0.25) is 0 Å². The predicted octanol–water partition coefficient (Wildman–Crippen LogP) is 3.93. The summed E-state index contributed by atoms with van der Waals surface area (Å²) in [5.41, 5.74) is 1.62. The van der Waals surface area contributed by atoms with Crippen molar-refractivity contribution in [2.75, 3.05) is 21.3 Å². The van der Waals surface area contributed by atoms with Crippen molar-refractivity contribution in [1.29, 1.82) is 0 Å². The fraction of sp³-hybridized carbons (Fsp3) is 0.375. The zero-order valence-electron chi connectivity index (χ0n) is 18.8. The highest BCUT2D eigenvalue weighted by Crippen LogP contribution is 2.24. The molecule has 0 bridgehead atoms. The Balaban J connectivity index is 2.39. The first kappa shape index (κ1) is 25.4. The van der Waals surface area contributed by atoms with Crippen molar-refractivity contribution in [3.8, 4) is 11.5 Å². The molecule has 0 saturated heterocycles. The summed E-state index contributed by atoms with van der Waals surface area (Å²) < 4.78 is 43.9. The number of esters is 1. The Kier molecular flexibility index (Phi) is 9.74. The first-order valence-corrected chi connectivity index (χ1v) is 11.8. The zero-order valence-corrected chi connectivity index (χ0v) is 19.6. The van der Waals surface area contributed by atoms with E-state index in [-0.39, 0.29) is 25.9 Å². The molecular formula is C24H31NO6S. The third-order valence-corrected chi connectivity index (χ3v) is 7.35. The number of sulfonamides is 1. The van der Waals surface area contributed by atoms with Crippen molar-refractivity contribution < 1.29 is 27.4 Å². The maximum Gasteiger partial charge on any atom is 0.306 e. The molecule has 1 atom stereocenters. The van der Waals surface area contributed by atoms with Gasteiger partial charge in [-0.2, -0.15) is 4.31 Å². The number of methoxy groups -OCH3 is 3. The van der Waals surface area contributed by atoms with Crippen molar-refractivity contribution in [2.45, 2.75) is 37.6 Å².